The summed E-state index contributed by atoms with van der Waals surface area (Å²) in [6.07, 6.45) is -2.00. The van der Waals surface area contributed by atoms with Gasteiger partial charge in [-0.3, -0.25) is 14.3 Å². The second-order valence-electron chi connectivity index (χ2n) is 9.12. The summed E-state index contributed by atoms with van der Waals surface area (Å²) in [6.45, 7) is 11.8. The van der Waals surface area contributed by atoms with E-state index in [4.69, 9.17) is 28.5 Å². The second kappa shape index (κ2) is 10.9. The Hall–Kier alpha value is -1.71. The molecule has 3 rings (SSSR count). The number of aromatic amines is 1. The molecule has 11 nitrogen and oxygen atoms in total. The molecule has 3 heterocycles. The number of hydrogen-bond donors (Lipinski definition) is 1. The number of rotatable bonds is 10. The van der Waals surface area contributed by atoms with Crippen LogP contribution in [-0.4, -0.2) is 63.6 Å². The number of H-pyrrole nitrogens is 1. The standard InChI is InChI=1S/C21H32FN4O7P/c1-12(2)26(13(3)4)34(29-9-7-8-23)30-11-15-16-17(33-21(5,6)32-16)19(31-15)25-10-14(22)18(27)24-20(25)28/h10,12-13,15-17,19H,7,9,11H2,1-6H3,(H,24,27,28)/t15-,16?,17+,19-,34?/m1/s1. The topological polar surface area (TPSA) is 128 Å². The van der Waals surface area contributed by atoms with Crippen molar-refractivity contribution < 1.29 is 27.6 Å². The Balaban J connectivity index is 1.82. The van der Waals surface area contributed by atoms with Crippen molar-refractivity contribution in [3.8, 4) is 6.07 Å². The fourth-order valence-corrected chi connectivity index (χ4v) is 5.73. The van der Waals surface area contributed by atoms with Crippen LogP contribution in [0.1, 0.15) is 54.2 Å². The van der Waals surface area contributed by atoms with Gasteiger partial charge in [0.25, 0.3) is 14.1 Å². The van der Waals surface area contributed by atoms with Gasteiger partial charge in [-0.25, -0.2) is 9.46 Å². The zero-order chi connectivity index (χ0) is 25.2. The first-order chi connectivity index (χ1) is 15.9. The van der Waals surface area contributed by atoms with Crippen molar-refractivity contribution in [1.82, 2.24) is 14.2 Å². The molecule has 0 spiro atoms. The van der Waals surface area contributed by atoms with Crippen LogP contribution < -0.4 is 11.2 Å². The summed E-state index contributed by atoms with van der Waals surface area (Å²) in [5.41, 5.74) is -1.93. The molecule has 190 valence electrons. The monoisotopic (exact) mass is 502 g/mol. The van der Waals surface area contributed by atoms with Crippen molar-refractivity contribution in [3.05, 3.63) is 32.9 Å². The Morgan fingerprint density at radius 2 is 1.88 bits per heavy atom. The number of aromatic nitrogens is 2. The first-order valence-corrected chi connectivity index (χ1v) is 12.3. The van der Waals surface area contributed by atoms with Gasteiger partial charge in [-0.05, 0) is 41.5 Å². The van der Waals surface area contributed by atoms with Crippen LogP contribution in [-0.2, 0) is 23.3 Å². The fourth-order valence-electron chi connectivity index (χ4n) is 4.12. The van der Waals surface area contributed by atoms with Crippen LogP contribution in [0.2, 0.25) is 0 Å². The van der Waals surface area contributed by atoms with Gasteiger partial charge in [0.15, 0.2) is 12.0 Å². The van der Waals surface area contributed by atoms with Gasteiger partial charge < -0.3 is 23.3 Å². The number of nitriles is 1. The average Bonchev–Trinajstić information content (AvgIpc) is 3.21. The lowest BCUT2D eigenvalue weighted by molar-refractivity contribution is -0.200. The molecule has 2 aliphatic rings. The second-order valence-corrected chi connectivity index (χ2v) is 10.6. The third-order valence-corrected chi connectivity index (χ3v) is 7.41. The zero-order valence-electron chi connectivity index (χ0n) is 20.2. The molecule has 0 saturated carbocycles. The first-order valence-electron chi connectivity index (χ1n) is 11.2. The van der Waals surface area contributed by atoms with Crippen molar-refractivity contribution in [2.75, 3.05) is 13.2 Å². The highest BCUT2D eigenvalue weighted by molar-refractivity contribution is 7.44. The van der Waals surface area contributed by atoms with Crippen molar-refractivity contribution in [2.45, 2.75) is 90.4 Å². The van der Waals surface area contributed by atoms with Crippen molar-refractivity contribution in [3.63, 3.8) is 0 Å². The molecule has 0 aliphatic carbocycles. The summed E-state index contributed by atoms with van der Waals surface area (Å²) in [5, 5.41) is 8.88. The molecule has 34 heavy (non-hydrogen) atoms. The van der Waals surface area contributed by atoms with E-state index in [9.17, 15) is 14.0 Å². The molecule has 5 atom stereocenters. The summed E-state index contributed by atoms with van der Waals surface area (Å²) in [6, 6.07) is 2.29. The highest BCUT2D eigenvalue weighted by Crippen LogP contribution is 2.48. The van der Waals surface area contributed by atoms with E-state index in [0.29, 0.717) is 0 Å². The molecular weight excluding hydrogens is 470 g/mol. The van der Waals surface area contributed by atoms with E-state index >= 15 is 0 Å². The smallest absolute Gasteiger partial charge is 0.330 e. The van der Waals surface area contributed by atoms with Gasteiger partial charge in [0.2, 0.25) is 5.82 Å². The van der Waals surface area contributed by atoms with Gasteiger partial charge in [0, 0.05) is 12.1 Å². The lowest BCUT2D eigenvalue weighted by Gasteiger charge is -2.36. The number of nitrogens with zero attached hydrogens (tertiary/aromatic N) is 3. The van der Waals surface area contributed by atoms with Crippen LogP contribution >= 0.6 is 8.53 Å². The van der Waals surface area contributed by atoms with Crippen molar-refractivity contribution >= 4 is 8.53 Å². The molecule has 0 amide bonds. The van der Waals surface area contributed by atoms with E-state index in [1.807, 2.05) is 32.7 Å². The molecule has 2 aliphatic heterocycles. The number of ether oxygens (including phenoxy) is 3. The normalized spacial score (nSPS) is 26.9. The van der Waals surface area contributed by atoms with E-state index in [0.717, 1.165) is 10.8 Å². The molecular formula is C21H32FN4O7P. The summed E-state index contributed by atoms with van der Waals surface area (Å²) in [7, 11) is -1.53. The number of hydrogen-bond acceptors (Lipinski definition) is 9. The minimum atomic E-state index is -1.53. The molecule has 2 fully saturated rings. The molecule has 1 aromatic heterocycles. The van der Waals surface area contributed by atoms with E-state index in [2.05, 4.69) is 10.7 Å². The molecule has 0 bridgehead atoms. The number of nitrogens with one attached hydrogen (secondary N) is 1. The number of fused-ring (bicyclic) bond motifs is 1. The van der Waals surface area contributed by atoms with E-state index in [1.54, 1.807) is 13.8 Å². The molecule has 1 N–H and O–H groups in total. The maximum atomic E-state index is 13.9. The summed E-state index contributed by atoms with van der Waals surface area (Å²) >= 11 is 0. The first kappa shape index (κ1) is 26.9. The largest absolute Gasteiger partial charge is 0.346 e. The van der Waals surface area contributed by atoms with Crippen LogP contribution in [0.25, 0.3) is 0 Å². The lowest BCUT2D eigenvalue weighted by atomic mass is 10.1. The predicted octanol–water partition coefficient (Wildman–Crippen LogP) is 2.39. The minimum absolute atomic E-state index is 0.0475. The van der Waals surface area contributed by atoms with Crippen LogP contribution in [0.3, 0.4) is 0 Å². The summed E-state index contributed by atoms with van der Waals surface area (Å²) in [4.78, 5) is 25.8. The Morgan fingerprint density at radius 1 is 1.24 bits per heavy atom. The van der Waals surface area contributed by atoms with Gasteiger partial charge in [0.1, 0.15) is 18.3 Å². The molecule has 1 aromatic rings. The third kappa shape index (κ3) is 5.91. The quantitative estimate of drug-likeness (QED) is 0.379. The van der Waals surface area contributed by atoms with Crippen LogP contribution in [0.5, 0.6) is 0 Å². The zero-order valence-corrected chi connectivity index (χ0v) is 21.1. The van der Waals surface area contributed by atoms with E-state index in [1.165, 1.54) is 0 Å². The lowest BCUT2D eigenvalue weighted by Crippen LogP contribution is -2.38. The number of halogens is 1. The van der Waals surface area contributed by atoms with Crippen molar-refractivity contribution in [1.29, 1.82) is 5.26 Å². The van der Waals surface area contributed by atoms with Crippen LogP contribution in [0.4, 0.5) is 4.39 Å². The van der Waals surface area contributed by atoms with Gasteiger partial charge in [-0.15, -0.1) is 0 Å². The predicted molar refractivity (Wildman–Crippen MR) is 120 cm³/mol. The Labute approximate surface area is 198 Å². The SMILES string of the molecule is CC(C)N(C(C)C)P(OCCC#N)OC[C@H]1O[C@@H](n2cc(F)c(=O)[nH]c2=O)[C@H]2OC(C)(C)OC12. The summed E-state index contributed by atoms with van der Waals surface area (Å²) in [5.74, 6) is -2.08. The highest BCUT2D eigenvalue weighted by atomic mass is 31.2. The van der Waals surface area contributed by atoms with E-state index in [-0.39, 0.29) is 31.7 Å². The third-order valence-electron chi connectivity index (χ3n) is 5.34. The van der Waals surface area contributed by atoms with E-state index < -0.39 is 55.9 Å². The molecule has 13 heteroatoms. The Kier molecular flexibility index (Phi) is 8.63. The highest BCUT2D eigenvalue weighted by Gasteiger charge is 2.56. The average molecular weight is 502 g/mol. The Bertz CT molecular complexity index is 1000. The van der Waals surface area contributed by atoms with Crippen LogP contribution in [0, 0.1) is 17.1 Å². The minimum Gasteiger partial charge on any atom is -0.346 e. The molecule has 2 unspecified atom stereocenters. The Morgan fingerprint density at radius 3 is 2.50 bits per heavy atom. The molecule has 0 aromatic carbocycles. The molecule has 0 radical (unpaired) electrons. The van der Waals surface area contributed by atoms with Gasteiger partial charge >= 0.3 is 5.69 Å². The molecule has 2 saturated heterocycles. The van der Waals surface area contributed by atoms with Gasteiger partial charge in [-0.1, -0.05) is 0 Å². The van der Waals surface area contributed by atoms with Crippen molar-refractivity contribution in [2.24, 2.45) is 0 Å². The fraction of sp³-hybridized carbons (Fsp3) is 0.762. The van der Waals surface area contributed by atoms with Gasteiger partial charge in [0.05, 0.1) is 31.9 Å². The maximum Gasteiger partial charge on any atom is 0.330 e. The summed E-state index contributed by atoms with van der Waals surface area (Å²) < 4.78 is 47.1. The maximum absolute atomic E-state index is 13.9. The van der Waals surface area contributed by atoms with Gasteiger partial charge in [-0.2, -0.15) is 9.65 Å². The van der Waals surface area contributed by atoms with Crippen LogP contribution in [0.15, 0.2) is 15.8 Å².